The van der Waals surface area contributed by atoms with Crippen LogP contribution < -0.4 is 49.1 Å². The maximum absolute atomic E-state index is 13.6. The van der Waals surface area contributed by atoms with Crippen molar-refractivity contribution in [1.29, 1.82) is 0 Å². The number of carboxylic acids is 2. The van der Waals surface area contributed by atoms with Gasteiger partial charge >= 0.3 is 11.9 Å². The number of nitrogens with zero attached hydrogens (tertiary/aromatic N) is 2. The summed E-state index contributed by atoms with van der Waals surface area (Å²) in [6, 6.07) is -1.57. The number of aliphatic carboxylic acids is 2. The van der Waals surface area contributed by atoms with Gasteiger partial charge in [0.25, 0.3) is 0 Å². The summed E-state index contributed by atoms with van der Waals surface area (Å²) < 4.78 is 0. The van der Waals surface area contributed by atoms with Gasteiger partial charge in [-0.2, -0.15) is 0 Å². The number of phenols is 1. The van der Waals surface area contributed by atoms with Crippen molar-refractivity contribution >= 4 is 59.2 Å². The summed E-state index contributed by atoms with van der Waals surface area (Å²) >= 11 is 0. The molecular weight excluding hydrogens is 758 g/mol. The number of aliphatic hydroxyl groups excluding tert-OH is 1. The van der Waals surface area contributed by atoms with Crippen molar-refractivity contribution < 1.29 is 63.6 Å². The number of aliphatic hydroxyl groups is 1. The highest BCUT2D eigenvalue weighted by atomic mass is 16.4. The van der Waals surface area contributed by atoms with Gasteiger partial charge in [0.2, 0.25) is 41.4 Å². The molecule has 24 nitrogen and oxygen atoms in total. The molecule has 24 heteroatoms. The van der Waals surface area contributed by atoms with E-state index in [4.69, 9.17) is 22.3 Å². The summed E-state index contributed by atoms with van der Waals surface area (Å²) in [4.78, 5) is 118. The van der Waals surface area contributed by atoms with E-state index in [1.807, 2.05) is 0 Å². The number of amides is 7. The van der Waals surface area contributed by atoms with Gasteiger partial charge in [-0.25, -0.2) is 0 Å². The van der Waals surface area contributed by atoms with Crippen molar-refractivity contribution in [2.45, 2.75) is 68.7 Å². The monoisotopic (exact) mass is 807 g/mol. The Morgan fingerprint density at radius 1 is 0.789 bits per heavy atom. The van der Waals surface area contributed by atoms with E-state index in [0.717, 1.165) is 4.90 Å². The molecule has 7 amide bonds. The molecule has 2 rings (SSSR count). The van der Waals surface area contributed by atoms with Crippen LogP contribution in [0.4, 0.5) is 0 Å². The molecule has 5 atom stereocenters. The molecule has 0 saturated carbocycles. The lowest BCUT2D eigenvalue weighted by Crippen LogP contribution is -2.59. The van der Waals surface area contributed by atoms with Crippen LogP contribution in [-0.2, 0) is 49.6 Å². The third-order valence-corrected chi connectivity index (χ3v) is 8.29. The highest BCUT2D eigenvalue weighted by molar-refractivity contribution is 5.98. The smallest absolute Gasteiger partial charge is 0.322 e. The van der Waals surface area contributed by atoms with Gasteiger partial charge in [0.15, 0.2) is 5.96 Å². The standard InChI is InChI=1S/C33H49N11O13/c34-13-24(47)40-19(3-1-9-37-33(35)36)28(53)38-14-25(48)41-21(12-26(49)50)30(55)43-22(16-45)32(57)44-10-2-4-23(44)31(56)42-20(29(54)39-15-27(51)52)11-17-5-7-18(46)8-6-17/h5-8,19-23,45-46H,1-4,9-16,34H2,(H,38,53)(H,39,54)(H,40,47)(H,41,48)(H,42,56)(H,43,55)(H,49,50)(H,51,52)(H4,35,36,37)/t19-,20-,21-,22-,23-/m0/s1. The van der Waals surface area contributed by atoms with Crippen molar-refractivity contribution in [2.24, 2.45) is 22.2 Å². The minimum atomic E-state index is -1.82. The van der Waals surface area contributed by atoms with Crippen LogP contribution in [0.2, 0.25) is 0 Å². The van der Waals surface area contributed by atoms with Crippen LogP contribution in [0.25, 0.3) is 0 Å². The highest BCUT2D eigenvalue weighted by Crippen LogP contribution is 2.20. The molecule has 0 aliphatic carbocycles. The Hall–Kier alpha value is -6.56. The molecule has 16 N–H and O–H groups in total. The summed E-state index contributed by atoms with van der Waals surface area (Å²) in [7, 11) is 0. The van der Waals surface area contributed by atoms with Crippen molar-refractivity contribution in [3.8, 4) is 5.75 Å². The average Bonchev–Trinajstić information content (AvgIpc) is 3.66. The molecule has 1 saturated heterocycles. The van der Waals surface area contributed by atoms with Crippen LogP contribution in [0.1, 0.15) is 37.7 Å². The molecule has 0 radical (unpaired) electrons. The van der Waals surface area contributed by atoms with Gasteiger partial charge < -0.3 is 74.4 Å². The topological polar surface area (TPSA) is 400 Å². The number of hydrogen-bond acceptors (Lipinski definition) is 13. The average molecular weight is 808 g/mol. The maximum atomic E-state index is 13.6. The molecule has 0 aromatic heterocycles. The lowest BCUT2D eigenvalue weighted by molar-refractivity contribution is -0.144. The van der Waals surface area contributed by atoms with Crippen LogP contribution in [0, 0.1) is 0 Å². The van der Waals surface area contributed by atoms with Gasteiger partial charge in [0.1, 0.15) is 42.5 Å². The Morgan fingerprint density at radius 3 is 2.02 bits per heavy atom. The Balaban J connectivity index is 2.12. The summed E-state index contributed by atoms with van der Waals surface area (Å²) in [6.07, 6.45) is -0.435. The lowest BCUT2D eigenvalue weighted by atomic mass is 10.0. The number of carbonyl (C=O) groups is 9. The number of guanidine groups is 1. The van der Waals surface area contributed by atoms with Gasteiger partial charge in [-0.3, -0.25) is 48.1 Å². The Bertz CT molecular complexity index is 1650. The molecule has 1 aromatic carbocycles. The van der Waals surface area contributed by atoms with Gasteiger partial charge in [0.05, 0.1) is 26.1 Å². The predicted molar refractivity (Wildman–Crippen MR) is 196 cm³/mol. The van der Waals surface area contributed by atoms with Crippen LogP contribution >= 0.6 is 0 Å². The van der Waals surface area contributed by atoms with Gasteiger partial charge in [0, 0.05) is 19.5 Å². The molecular formula is C33H49N11O13. The number of rotatable bonds is 23. The normalized spacial score (nSPS) is 15.4. The number of benzene rings is 1. The summed E-state index contributed by atoms with van der Waals surface area (Å²) in [5.74, 6) is -9.48. The van der Waals surface area contributed by atoms with E-state index in [1.54, 1.807) is 0 Å². The number of aromatic hydroxyl groups is 1. The minimum Gasteiger partial charge on any atom is -0.508 e. The zero-order valence-corrected chi connectivity index (χ0v) is 30.8. The first kappa shape index (κ1) is 46.6. The van der Waals surface area contributed by atoms with Crippen LogP contribution in [-0.4, -0.2) is 154 Å². The van der Waals surface area contributed by atoms with Crippen molar-refractivity contribution in [1.82, 2.24) is 36.8 Å². The van der Waals surface area contributed by atoms with E-state index in [0.29, 0.717) is 12.0 Å². The molecule has 1 fully saturated rings. The first-order valence-corrected chi connectivity index (χ1v) is 17.6. The van der Waals surface area contributed by atoms with Crippen LogP contribution in [0.5, 0.6) is 5.75 Å². The minimum absolute atomic E-state index is 0.0207. The quantitative estimate of drug-likeness (QED) is 0.0278. The molecule has 0 bridgehead atoms. The maximum Gasteiger partial charge on any atom is 0.322 e. The number of carboxylic acid groups (broad SMARTS) is 2. The molecule has 1 aromatic rings. The number of phenolic OH excluding ortho intramolecular Hbond substituents is 1. The number of likely N-dealkylation sites (tertiary alicyclic amines) is 1. The van der Waals surface area contributed by atoms with Crippen molar-refractivity contribution in [3.05, 3.63) is 29.8 Å². The van der Waals surface area contributed by atoms with Crippen molar-refractivity contribution in [3.63, 3.8) is 0 Å². The van der Waals surface area contributed by atoms with Crippen LogP contribution in [0.15, 0.2) is 29.3 Å². The molecule has 0 unspecified atom stereocenters. The van der Waals surface area contributed by atoms with Gasteiger partial charge in [-0.05, 0) is 43.4 Å². The summed E-state index contributed by atoms with van der Waals surface area (Å²) in [6.45, 7) is -2.88. The molecule has 57 heavy (non-hydrogen) atoms. The van der Waals surface area contributed by atoms with Gasteiger partial charge in [-0.1, -0.05) is 12.1 Å². The number of nitrogens with two attached hydrogens (primary N) is 3. The molecule has 314 valence electrons. The highest BCUT2D eigenvalue weighted by Gasteiger charge is 2.39. The second-order valence-corrected chi connectivity index (χ2v) is 12.7. The predicted octanol–water partition coefficient (Wildman–Crippen LogP) is -6.34. The lowest BCUT2D eigenvalue weighted by Gasteiger charge is -2.30. The van der Waals surface area contributed by atoms with E-state index in [9.17, 15) is 58.5 Å². The van der Waals surface area contributed by atoms with Gasteiger partial charge in [-0.15, -0.1) is 0 Å². The zero-order valence-electron chi connectivity index (χ0n) is 30.8. The number of carbonyl (C=O) groups excluding carboxylic acids is 7. The number of hydrogen-bond donors (Lipinski definition) is 13. The van der Waals surface area contributed by atoms with E-state index < -0.39 is 116 Å². The third-order valence-electron chi connectivity index (χ3n) is 8.29. The summed E-state index contributed by atoms with van der Waals surface area (Å²) in [5, 5.41) is 51.7. The number of nitrogens with one attached hydrogen (secondary N) is 6. The fraction of sp³-hybridized carbons (Fsp3) is 0.515. The largest absolute Gasteiger partial charge is 0.508 e. The van der Waals surface area contributed by atoms with Crippen molar-refractivity contribution in [2.75, 3.05) is 39.3 Å². The fourth-order valence-corrected chi connectivity index (χ4v) is 5.54. The Labute approximate surface area is 325 Å². The summed E-state index contributed by atoms with van der Waals surface area (Å²) in [5.41, 5.74) is 16.4. The van der Waals surface area contributed by atoms with Crippen LogP contribution in [0.3, 0.4) is 0 Å². The van der Waals surface area contributed by atoms with E-state index in [1.165, 1.54) is 24.3 Å². The second kappa shape index (κ2) is 23.4. The SMILES string of the molecule is NCC(=O)N[C@@H](CCCN=C(N)N)C(=O)NCC(=O)N[C@@H](CC(=O)O)C(=O)N[C@@H](CO)C(=O)N1CCC[C@H]1C(=O)N[C@@H](Cc1ccc(O)cc1)C(=O)NCC(=O)O. The zero-order chi connectivity index (χ0) is 42.7. The number of aliphatic imine (C=N–C) groups is 1. The van der Waals surface area contributed by atoms with E-state index in [-0.39, 0.29) is 50.5 Å². The molecule has 1 aliphatic heterocycles. The molecule has 1 heterocycles. The second-order valence-electron chi connectivity index (χ2n) is 12.7. The molecule has 1 aliphatic rings. The Morgan fingerprint density at radius 2 is 1.42 bits per heavy atom. The first-order chi connectivity index (χ1) is 26.9. The molecule has 0 spiro atoms. The first-order valence-electron chi connectivity index (χ1n) is 17.6. The third kappa shape index (κ3) is 16.4. The van der Waals surface area contributed by atoms with E-state index in [2.05, 4.69) is 36.9 Å². The fourth-order valence-electron chi connectivity index (χ4n) is 5.54. The van der Waals surface area contributed by atoms with E-state index >= 15 is 0 Å². The Kier molecular flexibility index (Phi) is 19.1.